The second-order valence-electron chi connectivity index (χ2n) is 4.33. The third-order valence-electron chi connectivity index (χ3n) is 2.84. The SMILES string of the molecule is Cc1cc(I)ccc1NC(=O)c1cc(Cl)ccc1[N+](=O)[O-]. The number of nitrogens with one attached hydrogen (secondary N) is 1. The summed E-state index contributed by atoms with van der Waals surface area (Å²) < 4.78 is 1.04. The van der Waals surface area contributed by atoms with E-state index in [4.69, 9.17) is 11.6 Å². The van der Waals surface area contributed by atoms with Crippen molar-refractivity contribution in [1.29, 1.82) is 0 Å². The quantitative estimate of drug-likeness (QED) is 0.457. The Bertz CT molecular complexity index is 734. The van der Waals surface area contributed by atoms with E-state index in [0.29, 0.717) is 5.69 Å². The van der Waals surface area contributed by atoms with Gasteiger partial charge in [-0.1, -0.05) is 11.6 Å². The van der Waals surface area contributed by atoms with Crippen LogP contribution in [-0.2, 0) is 0 Å². The van der Waals surface area contributed by atoms with Crippen molar-refractivity contribution in [2.45, 2.75) is 6.92 Å². The molecule has 0 aliphatic rings. The first-order valence-electron chi connectivity index (χ1n) is 5.90. The molecule has 7 heteroatoms. The van der Waals surface area contributed by atoms with Gasteiger partial charge in [-0.2, -0.15) is 0 Å². The molecule has 0 saturated heterocycles. The minimum absolute atomic E-state index is 0.0644. The Balaban J connectivity index is 2.36. The number of nitrogens with zero attached hydrogens (tertiary/aromatic N) is 1. The first-order chi connectivity index (χ1) is 9.88. The summed E-state index contributed by atoms with van der Waals surface area (Å²) in [5.74, 6) is -0.562. The number of halogens is 2. The number of carbonyl (C=O) groups excluding carboxylic acids is 1. The van der Waals surface area contributed by atoms with Gasteiger partial charge in [-0.15, -0.1) is 0 Å². The summed E-state index contributed by atoms with van der Waals surface area (Å²) in [5.41, 5.74) is 1.14. The highest BCUT2D eigenvalue weighted by Crippen LogP contribution is 2.25. The van der Waals surface area contributed by atoms with E-state index in [-0.39, 0.29) is 16.3 Å². The largest absolute Gasteiger partial charge is 0.322 e. The van der Waals surface area contributed by atoms with Gasteiger partial charge in [0.15, 0.2) is 0 Å². The van der Waals surface area contributed by atoms with Gasteiger partial charge in [-0.05, 0) is 65.4 Å². The van der Waals surface area contributed by atoms with Gasteiger partial charge in [0, 0.05) is 20.3 Å². The number of anilines is 1. The molecule has 2 aromatic rings. The Morgan fingerprint density at radius 3 is 2.62 bits per heavy atom. The van der Waals surface area contributed by atoms with Crippen LogP contribution in [0.4, 0.5) is 11.4 Å². The average Bonchev–Trinajstić information content (AvgIpc) is 2.41. The van der Waals surface area contributed by atoms with Crippen molar-refractivity contribution in [3.05, 3.63) is 66.2 Å². The number of rotatable bonds is 3. The summed E-state index contributed by atoms with van der Waals surface area (Å²) in [7, 11) is 0. The van der Waals surface area contributed by atoms with Crippen LogP contribution in [0.5, 0.6) is 0 Å². The molecule has 21 heavy (non-hydrogen) atoms. The number of carbonyl (C=O) groups is 1. The average molecular weight is 417 g/mol. The fourth-order valence-electron chi connectivity index (χ4n) is 1.81. The number of benzene rings is 2. The van der Waals surface area contributed by atoms with Crippen molar-refractivity contribution < 1.29 is 9.72 Å². The van der Waals surface area contributed by atoms with Gasteiger partial charge < -0.3 is 5.32 Å². The van der Waals surface area contributed by atoms with E-state index in [0.717, 1.165) is 9.13 Å². The van der Waals surface area contributed by atoms with Crippen molar-refractivity contribution in [2.24, 2.45) is 0 Å². The molecule has 1 amide bonds. The van der Waals surface area contributed by atoms with Crippen molar-refractivity contribution in [1.82, 2.24) is 0 Å². The molecule has 0 radical (unpaired) electrons. The van der Waals surface area contributed by atoms with Crippen molar-refractivity contribution in [3.63, 3.8) is 0 Å². The fourth-order valence-corrected chi connectivity index (χ4v) is 2.63. The molecule has 0 saturated carbocycles. The van der Waals surface area contributed by atoms with Gasteiger partial charge in [0.25, 0.3) is 11.6 Å². The second-order valence-corrected chi connectivity index (χ2v) is 6.01. The van der Waals surface area contributed by atoms with Crippen LogP contribution in [0.25, 0.3) is 0 Å². The maximum absolute atomic E-state index is 12.3. The van der Waals surface area contributed by atoms with Gasteiger partial charge in [0.05, 0.1) is 4.92 Å². The highest BCUT2D eigenvalue weighted by molar-refractivity contribution is 14.1. The van der Waals surface area contributed by atoms with E-state index < -0.39 is 10.8 Å². The van der Waals surface area contributed by atoms with Crippen LogP contribution in [0.2, 0.25) is 5.02 Å². The van der Waals surface area contributed by atoms with Gasteiger partial charge in [-0.3, -0.25) is 14.9 Å². The molecule has 0 atom stereocenters. The molecule has 5 nitrogen and oxygen atoms in total. The Morgan fingerprint density at radius 1 is 1.29 bits per heavy atom. The van der Waals surface area contributed by atoms with Crippen molar-refractivity contribution in [2.75, 3.05) is 5.32 Å². The van der Waals surface area contributed by atoms with Crippen LogP contribution in [0.1, 0.15) is 15.9 Å². The Labute approximate surface area is 139 Å². The zero-order chi connectivity index (χ0) is 15.6. The predicted octanol–water partition coefficient (Wildman–Crippen LogP) is 4.41. The lowest BCUT2D eigenvalue weighted by molar-refractivity contribution is -0.385. The number of aryl methyl sites for hydroxylation is 1. The molecule has 0 aromatic heterocycles. The summed E-state index contributed by atoms with van der Waals surface area (Å²) in [6.45, 7) is 1.85. The van der Waals surface area contributed by atoms with Gasteiger partial charge in [0.2, 0.25) is 0 Å². The molecular formula is C14H10ClIN2O3. The molecule has 108 valence electrons. The molecule has 0 aliphatic carbocycles. The summed E-state index contributed by atoms with van der Waals surface area (Å²) in [6.07, 6.45) is 0. The first-order valence-corrected chi connectivity index (χ1v) is 7.35. The van der Waals surface area contributed by atoms with Gasteiger partial charge in [0.1, 0.15) is 5.56 Å². The summed E-state index contributed by atoms with van der Waals surface area (Å²) >= 11 is 7.98. The minimum Gasteiger partial charge on any atom is -0.322 e. The Kier molecular flexibility index (Phi) is 4.79. The Hall–Kier alpha value is -1.67. The van der Waals surface area contributed by atoms with E-state index in [9.17, 15) is 14.9 Å². The van der Waals surface area contributed by atoms with E-state index in [1.165, 1.54) is 18.2 Å². The molecule has 0 aliphatic heterocycles. The van der Waals surface area contributed by atoms with Gasteiger partial charge in [-0.25, -0.2) is 0 Å². The number of hydrogen-bond donors (Lipinski definition) is 1. The normalized spacial score (nSPS) is 10.2. The number of nitro groups is 1. The second kappa shape index (κ2) is 6.40. The molecule has 1 N–H and O–H groups in total. The topological polar surface area (TPSA) is 72.2 Å². The lowest BCUT2D eigenvalue weighted by atomic mass is 10.1. The molecule has 2 aromatic carbocycles. The van der Waals surface area contributed by atoms with Crippen LogP contribution in [0.15, 0.2) is 36.4 Å². The third-order valence-corrected chi connectivity index (χ3v) is 3.74. The van der Waals surface area contributed by atoms with Crippen molar-refractivity contribution >= 4 is 51.5 Å². The Morgan fingerprint density at radius 2 is 2.00 bits per heavy atom. The summed E-state index contributed by atoms with van der Waals surface area (Å²) in [5, 5.41) is 13.9. The van der Waals surface area contributed by atoms with E-state index in [1.807, 2.05) is 19.1 Å². The highest BCUT2D eigenvalue weighted by atomic mass is 127. The molecule has 0 fully saturated rings. The number of nitro benzene ring substituents is 1. The molecule has 0 spiro atoms. The lowest BCUT2D eigenvalue weighted by Gasteiger charge is -2.09. The van der Waals surface area contributed by atoms with Crippen LogP contribution < -0.4 is 5.32 Å². The maximum atomic E-state index is 12.3. The van der Waals surface area contributed by atoms with Crippen LogP contribution >= 0.6 is 34.2 Å². The molecule has 2 rings (SSSR count). The molecule has 0 unspecified atom stereocenters. The zero-order valence-electron chi connectivity index (χ0n) is 10.9. The monoisotopic (exact) mass is 416 g/mol. The number of amides is 1. The van der Waals surface area contributed by atoms with E-state index >= 15 is 0 Å². The maximum Gasteiger partial charge on any atom is 0.282 e. The van der Waals surface area contributed by atoms with E-state index in [1.54, 1.807) is 6.07 Å². The number of hydrogen-bond acceptors (Lipinski definition) is 3. The smallest absolute Gasteiger partial charge is 0.282 e. The molecular weight excluding hydrogens is 407 g/mol. The molecule has 0 heterocycles. The van der Waals surface area contributed by atoms with Crippen LogP contribution in [0, 0.1) is 20.6 Å². The van der Waals surface area contributed by atoms with E-state index in [2.05, 4.69) is 27.9 Å². The predicted molar refractivity (Wildman–Crippen MR) is 90.0 cm³/mol. The van der Waals surface area contributed by atoms with Crippen LogP contribution in [0.3, 0.4) is 0 Å². The lowest BCUT2D eigenvalue weighted by Crippen LogP contribution is -2.14. The third kappa shape index (κ3) is 3.70. The fraction of sp³-hybridized carbons (Fsp3) is 0.0714. The van der Waals surface area contributed by atoms with Gasteiger partial charge >= 0.3 is 0 Å². The summed E-state index contributed by atoms with van der Waals surface area (Å²) in [4.78, 5) is 22.6. The standard InChI is InChI=1S/C14H10ClIN2O3/c1-8-6-10(16)3-4-12(8)17-14(19)11-7-9(15)2-5-13(11)18(20)21/h2-7H,1H3,(H,17,19). The zero-order valence-corrected chi connectivity index (χ0v) is 13.8. The van der Waals surface area contributed by atoms with Crippen molar-refractivity contribution in [3.8, 4) is 0 Å². The van der Waals surface area contributed by atoms with Crippen LogP contribution in [-0.4, -0.2) is 10.8 Å². The molecule has 0 bridgehead atoms. The summed E-state index contributed by atoms with van der Waals surface area (Å²) in [6, 6.07) is 9.39. The first kappa shape index (κ1) is 15.7. The minimum atomic E-state index is -0.605. The highest BCUT2D eigenvalue weighted by Gasteiger charge is 2.21.